The van der Waals surface area contributed by atoms with Gasteiger partial charge in [0.15, 0.2) is 0 Å². The fraction of sp³-hybridized carbons (Fsp3) is 0.857. The van der Waals surface area contributed by atoms with Gasteiger partial charge in [0.1, 0.15) is 7.28 Å². The fourth-order valence-electron chi connectivity index (χ4n) is 0.596. The number of rotatable bonds is 4. The topological polar surface area (TPSA) is 0 Å². The largest absolute Gasteiger partial charge is 0.329 e. The molecule has 0 bridgehead atoms. The van der Waals surface area contributed by atoms with Crippen LogP contribution in [0.5, 0.6) is 0 Å². The van der Waals surface area contributed by atoms with Crippen LogP contribution in [0.1, 0.15) is 20.3 Å². The van der Waals surface area contributed by atoms with Crippen molar-refractivity contribution in [2.45, 2.75) is 33.4 Å². The third-order valence-electron chi connectivity index (χ3n) is 1.48. The Morgan fingerprint density at radius 1 is 1.27 bits per heavy atom. The SMILES string of the molecule is C[B]CCC(C)[CH-]C.[W].[W].[W]. The van der Waals surface area contributed by atoms with Crippen molar-refractivity contribution in [2.24, 2.45) is 5.92 Å². The van der Waals surface area contributed by atoms with Gasteiger partial charge in [-0.3, -0.25) is 0 Å². The maximum atomic E-state index is 2.25. The average molecular weight is 662 g/mol. The molecule has 0 heterocycles. The molecular weight excluding hydrogens is 646 g/mol. The first kappa shape index (κ1) is 23.2. The molecule has 0 aromatic heterocycles. The molecule has 0 aliphatic rings. The van der Waals surface area contributed by atoms with E-state index in [0.29, 0.717) is 0 Å². The van der Waals surface area contributed by atoms with E-state index in [2.05, 4.69) is 34.4 Å². The van der Waals surface area contributed by atoms with Crippen LogP contribution < -0.4 is 0 Å². The van der Waals surface area contributed by atoms with Crippen LogP contribution in [0.3, 0.4) is 0 Å². The van der Waals surface area contributed by atoms with Crippen LogP contribution in [0.15, 0.2) is 0 Å². The molecule has 65 valence electrons. The van der Waals surface area contributed by atoms with Crippen LogP contribution in [0.4, 0.5) is 0 Å². The molecule has 1 unspecified atom stereocenters. The summed E-state index contributed by atoms with van der Waals surface area (Å²) in [5.74, 6) is 0.797. The van der Waals surface area contributed by atoms with Crippen LogP contribution in [0, 0.1) is 12.3 Å². The Morgan fingerprint density at radius 2 is 1.73 bits per heavy atom. The van der Waals surface area contributed by atoms with E-state index in [9.17, 15) is 0 Å². The van der Waals surface area contributed by atoms with Crippen molar-refractivity contribution in [1.82, 2.24) is 0 Å². The van der Waals surface area contributed by atoms with Crippen molar-refractivity contribution in [3.05, 3.63) is 6.42 Å². The maximum Gasteiger partial charge on any atom is 0.105 e. The molecule has 0 amide bonds. The summed E-state index contributed by atoms with van der Waals surface area (Å²) in [6, 6.07) is 0. The van der Waals surface area contributed by atoms with Crippen molar-refractivity contribution < 1.29 is 63.2 Å². The molecule has 0 aromatic rings. The van der Waals surface area contributed by atoms with E-state index in [1.54, 1.807) is 0 Å². The monoisotopic (exact) mass is 662 g/mol. The van der Waals surface area contributed by atoms with E-state index >= 15 is 0 Å². The molecule has 0 rings (SSSR count). The van der Waals surface area contributed by atoms with E-state index in [0.717, 1.165) is 5.92 Å². The fourth-order valence-corrected chi connectivity index (χ4v) is 0.596. The summed E-state index contributed by atoms with van der Waals surface area (Å²) in [6.45, 7) is 6.49. The van der Waals surface area contributed by atoms with Crippen LogP contribution in [-0.4, -0.2) is 7.28 Å². The summed E-state index contributed by atoms with van der Waals surface area (Å²) in [6.07, 6.45) is 4.82. The predicted octanol–water partition coefficient (Wildman–Crippen LogP) is 2.40. The zero-order valence-corrected chi connectivity index (χ0v) is 16.2. The van der Waals surface area contributed by atoms with Crippen molar-refractivity contribution in [3.8, 4) is 0 Å². The summed E-state index contributed by atoms with van der Waals surface area (Å²) in [5.41, 5.74) is 0. The first-order valence-electron chi connectivity index (χ1n) is 3.38. The molecule has 1 atom stereocenters. The van der Waals surface area contributed by atoms with Crippen molar-refractivity contribution >= 4 is 7.28 Å². The second kappa shape index (κ2) is 18.0. The number of hydrogen-bond donors (Lipinski definition) is 0. The summed E-state index contributed by atoms with van der Waals surface area (Å²) in [7, 11) is 2.22. The summed E-state index contributed by atoms with van der Waals surface area (Å²) in [5, 5.41) is 0. The molecule has 0 aromatic carbocycles. The smallest absolute Gasteiger partial charge is 0.105 e. The van der Waals surface area contributed by atoms with E-state index in [-0.39, 0.29) is 63.2 Å². The minimum absolute atomic E-state index is 0. The van der Waals surface area contributed by atoms with Crippen LogP contribution in [0.2, 0.25) is 13.1 Å². The molecular formula is C7H15BW3-. The van der Waals surface area contributed by atoms with Crippen molar-refractivity contribution in [3.63, 3.8) is 0 Å². The summed E-state index contributed by atoms with van der Waals surface area (Å²) in [4.78, 5) is 0. The van der Waals surface area contributed by atoms with Gasteiger partial charge < -0.3 is 6.42 Å². The van der Waals surface area contributed by atoms with Crippen molar-refractivity contribution in [2.75, 3.05) is 0 Å². The summed E-state index contributed by atoms with van der Waals surface area (Å²) < 4.78 is 0. The van der Waals surface area contributed by atoms with Gasteiger partial charge in [-0.05, 0) is 0 Å². The predicted molar refractivity (Wildman–Crippen MR) is 40.2 cm³/mol. The molecule has 1 radical (unpaired) electrons. The first-order chi connectivity index (χ1) is 3.81. The third-order valence-corrected chi connectivity index (χ3v) is 1.48. The molecule has 0 nitrogen and oxygen atoms in total. The third kappa shape index (κ3) is 18.8. The van der Waals surface area contributed by atoms with E-state index in [1.807, 2.05) is 0 Å². The van der Waals surface area contributed by atoms with Crippen molar-refractivity contribution in [1.29, 1.82) is 0 Å². The Morgan fingerprint density at radius 3 is 2.00 bits per heavy atom. The molecule has 0 saturated carbocycles. The van der Waals surface area contributed by atoms with Gasteiger partial charge in [-0.1, -0.05) is 26.5 Å². The Kier molecular flexibility index (Phi) is 38.0. The molecule has 0 spiro atoms. The van der Waals surface area contributed by atoms with Gasteiger partial charge in [-0.15, -0.1) is 0 Å². The zero-order chi connectivity index (χ0) is 6.41. The van der Waals surface area contributed by atoms with Crippen LogP contribution >= 0.6 is 0 Å². The minimum Gasteiger partial charge on any atom is -0.329 e. The quantitative estimate of drug-likeness (QED) is 0.321. The molecule has 4 heteroatoms. The van der Waals surface area contributed by atoms with Gasteiger partial charge in [-0.25, -0.2) is 0 Å². The van der Waals surface area contributed by atoms with Gasteiger partial charge >= 0.3 is 0 Å². The molecule has 0 N–H and O–H groups in total. The molecule has 0 saturated heterocycles. The molecule has 0 aliphatic heterocycles. The van der Waals surface area contributed by atoms with E-state index in [1.165, 1.54) is 12.7 Å². The van der Waals surface area contributed by atoms with Gasteiger partial charge in [0.25, 0.3) is 0 Å². The zero-order valence-electron chi connectivity index (χ0n) is 7.37. The van der Waals surface area contributed by atoms with Gasteiger partial charge in [-0.2, -0.15) is 12.8 Å². The Balaban J connectivity index is -0.0000000817. The Bertz CT molecular complexity index is 53.0. The Labute approximate surface area is 115 Å². The minimum atomic E-state index is 0. The van der Waals surface area contributed by atoms with Crippen LogP contribution in [-0.2, 0) is 63.2 Å². The molecule has 0 aliphatic carbocycles. The average Bonchev–Trinajstić information content (AvgIpc) is 1.83. The maximum absolute atomic E-state index is 2.25. The first-order valence-corrected chi connectivity index (χ1v) is 3.38. The van der Waals surface area contributed by atoms with E-state index in [4.69, 9.17) is 0 Å². The van der Waals surface area contributed by atoms with Gasteiger partial charge in [0.05, 0.1) is 0 Å². The summed E-state index contributed by atoms with van der Waals surface area (Å²) >= 11 is 0. The molecule has 11 heavy (non-hydrogen) atoms. The second-order valence-corrected chi connectivity index (χ2v) is 2.30. The van der Waals surface area contributed by atoms with Crippen LogP contribution in [0.25, 0.3) is 0 Å². The van der Waals surface area contributed by atoms with Gasteiger partial charge in [0.2, 0.25) is 0 Å². The van der Waals surface area contributed by atoms with Gasteiger partial charge in [0, 0.05) is 63.2 Å². The normalized spacial score (nSPS) is 9.73. The van der Waals surface area contributed by atoms with E-state index < -0.39 is 0 Å². The molecule has 0 fully saturated rings. The Hall–Kier alpha value is 2.13. The number of hydrogen-bond acceptors (Lipinski definition) is 0. The second-order valence-electron chi connectivity index (χ2n) is 2.30. The standard InChI is InChI=1S/C7H15B.3W/c1-4-7(2)5-6-8-3;;;/h4,7H,5-6H2,1-3H3;;;/q-1;;;.